The minimum Gasteiger partial charge on any atom is -0.489 e. The second kappa shape index (κ2) is 9.97. The molecular weight excluding hydrogens is 385 g/mol. The number of carbonyl (C=O) groups is 2. The third-order valence-corrected chi connectivity index (χ3v) is 4.11. The number of halogens is 1. The maximum atomic E-state index is 13.5. The van der Waals surface area contributed by atoms with E-state index >= 15 is 0 Å². The lowest BCUT2D eigenvalue weighted by Gasteiger charge is -2.07. The summed E-state index contributed by atoms with van der Waals surface area (Å²) in [5.74, 6) is -1.96. The summed E-state index contributed by atoms with van der Waals surface area (Å²) in [5, 5.41) is 5.92. The van der Waals surface area contributed by atoms with Crippen LogP contribution in [-0.4, -0.2) is 18.0 Å². The first-order chi connectivity index (χ1) is 14.5. The Morgan fingerprint density at radius 1 is 0.967 bits per heavy atom. The molecule has 0 atom stereocenters. The summed E-state index contributed by atoms with van der Waals surface area (Å²) in [5.41, 5.74) is 4.99. The minimum atomic E-state index is -1.02. The van der Waals surface area contributed by atoms with Crippen LogP contribution in [-0.2, 0) is 16.2 Å². The number of nitrogens with one attached hydrogen (secondary N) is 2. The SMILES string of the molecule is Cc1ccc(COc2ccc(/C=N/NC(=O)C(=O)Nc3ccccc3F)cc2)cc1. The van der Waals surface area contributed by atoms with Gasteiger partial charge in [0.2, 0.25) is 0 Å². The Labute approximate surface area is 173 Å². The van der Waals surface area contributed by atoms with Crippen molar-refractivity contribution in [3.63, 3.8) is 0 Å². The third-order valence-electron chi connectivity index (χ3n) is 4.11. The second-order valence-electron chi connectivity index (χ2n) is 6.48. The second-order valence-corrected chi connectivity index (χ2v) is 6.48. The van der Waals surface area contributed by atoms with E-state index in [1.165, 1.54) is 30.0 Å². The number of hydrazone groups is 1. The highest BCUT2D eigenvalue weighted by atomic mass is 19.1. The van der Waals surface area contributed by atoms with E-state index < -0.39 is 17.6 Å². The Morgan fingerprint density at radius 3 is 2.37 bits per heavy atom. The lowest BCUT2D eigenvalue weighted by atomic mass is 10.2. The third kappa shape index (κ3) is 6.00. The van der Waals surface area contributed by atoms with Gasteiger partial charge >= 0.3 is 11.8 Å². The normalized spacial score (nSPS) is 10.6. The molecule has 152 valence electrons. The molecule has 3 rings (SSSR count). The summed E-state index contributed by atoms with van der Waals surface area (Å²) in [6, 6.07) is 20.7. The Balaban J connectivity index is 1.47. The average Bonchev–Trinajstić information content (AvgIpc) is 2.76. The van der Waals surface area contributed by atoms with Crippen molar-refractivity contribution >= 4 is 23.7 Å². The van der Waals surface area contributed by atoms with Gasteiger partial charge in [0.25, 0.3) is 0 Å². The Bertz CT molecular complexity index is 1050. The van der Waals surface area contributed by atoms with Crippen LogP contribution in [0.25, 0.3) is 0 Å². The summed E-state index contributed by atoms with van der Waals surface area (Å²) < 4.78 is 19.2. The average molecular weight is 405 g/mol. The molecule has 0 unspecified atom stereocenters. The van der Waals surface area contributed by atoms with Crippen LogP contribution in [0.1, 0.15) is 16.7 Å². The van der Waals surface area contributed by atoms with Gasteiger partial charge in [0.1, 0.15) is 18.2 Å². The molecular formula is C23H20FN3O3. The molecule has 0 aliphatic heterocycles. The van der Waals surface area contributed by atoms with E-state index in [4.69, 9.17) is 4.74 Å². The Morgan fingerprint density at radius 2 is 1.67 bits per heavy atom. The van der Waals surface area contributed by atoms with Crippen LogP contribution >= 0.6 is 0 Å². The highest BCUT2D eigenvalue weighted by molar-refractivity contribution is 6.39. The zero-order valence-electron chi connectivity index (χ0n) is 16.3. The van der Waals surface area contributed by atoms with Gasteiger partial charge in [-0.05, 0) is 54.4 Å². The van der Waals surface area contributed by atoms with Crippen molar-refractivity contribution in [2.45, 2.75) is 13.5 Å². The van der Waals surface area contributed by atoms with E-state index in [0.29, 0.717) is 17.9 Å². The van der Waals surface area contributed by atoms with Crippen LogP contribution in [0.2, 0.25) is 0 Å². The fraction of sp³-hybridized carbons (Fsp3) is 0.0870. The molecule has 0 bridgehead atoms. The largest absolute Gasteiger partial charge is 0.489 e. The van der Waals surface area contributed by atoms with Gasteiger partial charge in [-0.2, -0.15) is 5.10 Å². The van der Waals surface area contributed by atoms with Gasteiger partial charge in [-0.1, -0.05) is 42.0 Å². The van der Waals surface area contributed by atoms with Gasteiger partial charge < -0.3 is 10.1 Å². The van der Waals surface area contributed by atoms with E-state index in [-0.39, 0.29) is 5.69 Å². The number of carbonyl (C=O) groups excluding carboxylic acids is 2. The molecule has 3 aromatic carbocycles. The molecule has 0 saturated carbocycles. The molecule has 7 heteroatoms. The van der Waals surface area contributed by atoms with Gasteiger partial charge in [0, 0.05) is 0 Å². The lowest BCUT2D eigenvalue weighted by Crippen LogP contribution is -2.32. The van der Waals surface area contributed by atoms with E-state index in [9.17, 15) is 14.0 Å². The molecule has 6 nitrogen and oxygen atoms in total. The zero-order chi connectivity index (χ0) is 21.3. The van der Waals surface area contributed by atoms with Crippen molar-refractivity contribution < 1.29 is 18.7 Å². The van der Waals surface area contributed by atoms with E-state index in [2.05, 4.69) is 15.8 Å². The number of ether oxygens (including phenoxy) is 1. The van der Waals surface area contributed by atoms with Crippen LogP contribution in [0, 0.1) is 12.7 Å². The number of rotatable bonds is 6. The van der Waals surface area contributed by atoms with Crippen molar-refractivity contribution in [2.75, 3.05) is 5.32 Å². The van der Waals surface area contributed by atoms with Gasteiger partial charge in [-0.25, -0.2) is 9.82 Å². The maximum absolute atomic E-state index is 13.5. The molecule has 0 radical (unpaired) electrons. The molecule has 0 fully saturated rings. The number of nitrogens with zero attached hydrogens (tertiary/aromatic N) is 1. The molecule has 2 N–H and O–H groups in total. The molecule has 0 spiro atoms. The van der Waals surface area contributed by atoms with Crippen molar-refractivity contribution in [2.24, 2.45) is 5.10 Å². The number of para-hydroxylation sites is 1. The number of hydrogen-bond donors (Lipinski definition) is 2. The molecule has 0 aliphatic rings. The topological polar surface area (TPSA) is 79.8 Å². The standard InChI is InChI=1S/C23H20FN3O3/c1-16-6-8-18(9-7-16)15-30-19-12-10-17(11-13-19)14-25-27-23(29)22(28)26-21-5-3-2-4-20(21)24/h2-14H,15H2,1H3,(H,26,28)(H,27,29)/b25-14+. The monoisotopic (exact) mass is 405 g/mol. The first kappa shape index (κ1) is 20.7. The number of hydrogen-bond acceptors (Lipinski definition) is 4. The fourth-order valence-electron chi connectivity index (χ4n) is 2.46. The summed E-state index contributed by atoms with van der Waals surface area (Å²) in [7, 11) is 0. The molecule has 0 aliphatic carbocycles. The van der Waals surface area contributed by atoms with Crippen LogP contribution < -0.4 is 15.5 Å². The van der Waals surface area contributed by atoms with Gasteiger partial charge in [-0.3, -0.25) is 9.59 Å². The number of aryl methyl sites for hydroxylation is 1. The zero-order valence-corrected chi connectivity index (χ0v) is 16.3. The minimum absolute atomic E-state index is 0.0807. The maximum Gasteiger partial charge on any atom is 0.329 e. The highest BCUT2D eigenvalue weighted by Gasteiger charge is 2.14. The predicted octanol–water partition coefficient (Wildman–Crippen LogP) is 3.80. The van der Waals surface area contributed by atoms with E-state index in [1.54, 1.807) is 30.3 Å². The first-order valence-corrected chi connectivity index (χ1v) is 9.18. The first-order valence-electron chi connectivity index (χ1n) is 9.18. The number of benzene rings is 3. The smallest absolute Gasteiger partial charge is 0.329 e. The van der Waals surface area contributed by atoms with Crippen LogP contribution in [0.5, 0.6) is 5.75 Å². The Kier molecular flexibility index (Phi) is 6.89. The van der Waals surface area contributed by atoms with Crippen molar-refractivity contribution in [1.82, 2.24) is 5.43 Å². The van der Waals surface area contributed by atoms with E-state index in [0.717, 1.165) is 5.56 Å². The Hall–Kier alpha value is -4.00. The molecule has 3 aromatic rings. The van der Waals surface area contributed by atoms with Crippen molar-refractivity contribution in [3.05, 3.63) is 95.3 Å². The van der Waals surface area contributed by atoms with Gasteiger partial charge in [0.05, 0.1) is 11.9 Å². The van der Waals surface area contributed by atoms with Gasteiger partial charge in [0.15, 0.2) is 0 Å². The van der Waals surface area contributed by atoms with Crippen LogP contribution in [0.15, 0.2) is 77.9 Å². The highest BCUT2D eigenvalue weighted by Crippen LogP contribution is 2.14. The summed E-state index contributed by atoms with van der Waals surface area (Å²) in [6.45, 7) is 2.49. The van der Waals surface area contributed by atoms with Gasteiger partial charge in [-0.15, -0.1) is 0 Å². The molecule has 0 saturated heterocycles. The molecule has 2 amide bonds. The summed E-state index contributed by atoms with van der Waals surface area (Å²) in [6.07, 6.45) is 1.39. The summed E-state index contributed by atoms with van der Waals surface area (Å²) in [4.78, 5) is 23.5. The predicted molar refractivity (Wildman–Crippen MR) is 113 cm³/mol. The molecule has 0 aromatic heterocycles. The number of anilines is 1. The quantitative estimate of drug-likeness (QED) is 0.372. The summed E-state index contributed by atoms with van der Waals surface area (Å²) >= 11 is 0. The lowest BCUT2D eigenvalue weighted by molar-refractivity contribution is -0.136. The molecule has 0 heterocycles. The van der Waals surface area contributed by atoms with Crippen LogP contribution in [0.4, 0.5) is 10.1 Å². The fourth-order valence-corrected chi connectivity index (χ4v) is 2.46. The van der Waals surface area contributed by atoms with Crippen molar-refractivity contribution in [3.8, 4) is 5.75 Å². The van der Waals surface area contributed by atoms with Crippen LogP contribution in [0.3, 0.4) is 0 Å². The number of amides is 2. The molecule has 30 heavy (non-hydrogen) atoms. The van der Waals surface area contributed by atoms with E-state index in [1.807, 2.05) is 31.2 Å². The van der Waals surface area contributed by atoms with Crippen molar-refractivity contribution in [1.29, 1.82) is 0 Å².